The number of thiazole rings is 1. The van der Waals surface area contributed by atoms with Gasteiger partial charge in [-0.3, -0.25) is 4.79 Å². The van der Waals surface area contributed by atoms with E-state index >= 15 is 0 Å². The van der Waals surface area contributed by atoms with Crippen LogP contribution in [0.4, 0.5) is 15.2 Å². The highest BCUT2D eigenvalue weighted by Crippen LogP contribution is 2.32. The molecular weight excluding hydrogens is 385 g/mol. The van der Waals surface area contributed by atoms with E-state index in [4.69, 9.17) is 0 Å². The second-order valence-electron chi connectivity index (χ2n) is 7.41. The minimum Gasteiger partial charge on any atom is -0.347 e. The minimum absolute atomic E-state index is 0.0400. The van der Waals surface area contributed by atoms with Gasteiger partial charge < -0.3 is 10.2 Å². The first-order chi connectivity index (χ1) is 14.2. The quantitative estimate of drug-likeness (QED) is 0.493. The summed E-state index contributed by atoms with van der Waals surface area (Å²) >= 11 is 1.48. The Morgan fingerprint density at radius 2 is 2.00 bits per heavy atom. The fourth-order valence-electron chi connectivity index (χ4n) is 3.96. The SMILES string of the molecule is O=C(Nc1cccc2ccccc12)C1CCCN(c2nc3ccc(F)cc3s2)C1. The average molecular weight is 405 g/mol. The minimum atomic E-state index is -0.251. The highest BCUT2D eigenvalue weighted by Gasteiger charge is 2.27. The Labute approximate surface area is 172 Å². The molecule has 0 spiro atoms. The van der Waals surface area contributed by atoms with Crippen molar-refractivity contribution in [1.29, 1.82) is 0 Å². The number of halogens is 1. The molecule has 1 aliphatic heterocycles. The van der Waals surface area contributed by atoms with E-state index in [0.717, 1.165) is 51.2 Å². The lowest BCUT2D eigenvalue weighted by Crippen LogP contribution is -2.40. The van der Waals surface area contributed by atoms with Crippen molar-refractivity contribution in [3.8, 4) is 0 Å². The topological polar surface area (TPSA) is 45.2 Å². The van der Waals surface area contributed by atoms with Crippen LogP contribution in [0.2, 0.25) is 0 Å². The molecule has 1 amide bonds. The van der Waals surface area contributed by atoms with Crippen molar-refractivity contribution in [2.45, 2.75) is 12.8 Å². The van der Waals surface area contributed by atoms with E-state index in [-0.39, 0.29) is 17.6 Å². The van der Waals surface area contributed by atoms with Crippen molar-refractivity contribution in [2.75, 3.05) is 23.3 Å². The van der Waals surface area contributed by atoms with Crippen LogP contribution >= 0.6 is 11.3 Å². The van der Waals surface area contributed by atoms with Crippen LogP contribution in [0, 0.1) is 11.7 Å². The zero-order valence-corrected chi connectivity index (χ0v) is 16.6. The van der Waals surface area contributed by atoms with Crippen LogP contribution in [-0.2, 0) is 4.79 Å². The first kappa shape index (κ1) is 18.1. The van der Waals surface area contributed by atoms with Crippen molar-refractivity contribution in [2.24, 2.45) is 5.92 Å². The predicted molar refractivity (Wildman–Crippen MR) is 117 cm³/mol. The summed E-state index contributed by atoms with van der Waals surface area (Å²) in [5.41, 5.74) is 1.65. The Kier molecular flexibility index (Phi) is 4.64. The highest BCUT2D eigenvalue weighted by atomic mass is 32.1. The van der Waals surface area contributed by atoms with Crippen LogP contribution in [-0.4, -0.2) is 24.0 Å². The zero-order chi connectivity index (χ0) is 19.8. The van der Waals surface area contributed by atoms with Crippen LogP contribution < -0.4 is 10.2 Å². The van der Waals surface area contributed by atoms with Gasteiger partial charge in [0, 0.05) is 24.2 Å². The first-order valence-corrected chi connectivity index (χ1v) is 10.6. The van der Waals surface area contributed by atoms with Gasteiger partial charge in [-0.15, -0.1) is 0 Å². The molecule has 4 aromatic rings. The molecule has 2 heterocycles. The molecule has 3 aromatic carbocycles. The third kappa shape index (κ3) is 3.56. The summed E-state index contributed by atoms with van der Waals surface area (Å²) in [5, 5.41) is 6.14. The predicted octanol–water partition coefficient (Wildman–Crippen LogP) is 5.44. The summed E-state index contributed by atoms with van der Waals surface area (Å²) < 4.78 is 14.3. The van der Waals surface area contributed by atoms with E-state index in [9.17, 15) is 9.18 Å². The lowest BCUT2D eigenvalue weighted by Gasteiger charge is -2.31. The number of carbonyl (C=O) groups is 1. The van der Waals surface area contributed by atoms with Gasteiger partial charge in [-0.1, -0.05) is 47.7 Å². The largest absolute Gasteiger partial charge is 0.347 e. The fraction of sp³-hybridized carbons (Fsp3) is 0.217. The van der Waals surface area contributed by atoms with Gasteiger partial charge in [0.25, 0.3) is 0 Å². The lowest BCUT2D eigenvalue weighted by molar-refractivity contribution is -0.120. The van der Waals surface area contributed by atoms with Gasteiger partial charge in [0.15, 0.2) is 5.13 Å². The average Bonchev–Trinajstić information content (AvgIpc) is 3.17. The summed E-state index contributed by atoms with van der Waals surface area (Å²) in [4.78, 5) is 19.8. The molecule has 1 aliphatic rings. The van der Waals surface area contributed by atoms with Crippen molar-refractivity contribution in [3.63, 3.8) is 0 Å². The maximum Gasteiger partial charge on any atom is 0.229 e. The molecule has 1 saturated heterocycles. The molecule has 146 valence electrons. The van der Waals surface area contributed by atoms with Crippen molar-refractivity contribution in [1.82, 2.24) is 4.98 Å². The first-order valence-electron chi connectivity index (χ1n) is 9.77. The molecule has 0 saturated carbocycles. The smallest absolute Gasteiger partial charge is 0.229 e. The number of carbonyl (C=O) groups excluding carboxylic acids is 1. The van der Waals surface area contributed by atoms with E-state index in [2.05, 4.69) is 15.2 Å². The third-order valence-corrected chi connectivity index (χ3v) is 6.53. The third-order valence-electron chi connectivity index (χ3n) is 5.45. The molecule has 0 aliphatic carbocycles. The summed E-state index contributed by atoms with van der Waals surface area (Å²) in [6, 6.07) is 18.7. The molecule has 1 aromatic heterocycles. The number of fused-ring (bicyclic) bond motifs is 2. The Balaban J connectivity index is 1.35. The molecule has 1 unspecified atom stereocenters. The fourth-order valence-corrected chi connectivity index (χ4v) is 4.98. The number of piperidine rings is 1. The Bertz CT molecular complexity index is 1200. The van der Waals surface area contributed by atoms with Crippen molar-refractivity contribution >= 4 is 49.1 Å². The number of aromatic nitrogens is 1. The number of rotatable bonds is 3. The normalized spacial score (nSPS) is 17.0. The second-order valence-corrected chi connectivity index (χ2v) is 8.42. The van der Waals surface area contributed by atoms with Crippen LogP contribution in [0.5, 0.6) is 0 Å². The molecule has 0 radical (unpaired) electrons. The highest BCUT2D eigenvalue weighted by molar-refractivity contribution is 7.22. The molecular formula is C23H20FN3OS. The van der Waals surface area contributed by atoms with Gasteiger partial charge >= 0.3 is 0 Å². The number of anilines is 2. The van der Waals surface area contributed by atoms with Gasteiger partial charge in [0.2, 0.25) is 5.91 Å². The zero-order valence-electron chi connectivity index (χ0n) is 15.8. The summed E-state index contributed by atoms with van der Waals surface area (Å²) in [6.07, 6.45) is 1.78. The molecule has 1 fully saturated rings. The van der Waals surface area contributed by atoms with Gasteiger partial charge in [-0.2, -0.15) is 0 Å². The van der Waals surface area contributed by atoms with E-state index in [1.807, 2.05) is 42.5 Å². The van der Waals surface area contributed by atoms with E-state index < -0.39 is 0 Å². The van der Waals surface area contributed by atoms with Crippen molar-refractivity contribution in [3.05, 3.63) is 66.5 Å². The number of hydrogen-bond donors (Lipinski definition) is 1. The van der Waals surface area contributed by atoms with E-state index in [1.54, 1.807) is 6.07 Å². The standard InChI is InChI=1S/C23H20FN3OS/c24-17-10-11-20-21(13-17)29-23(26-20)27-12-4-7-16(14-27)22(28)25-19-9-3-6-15-5-1-2-8-18(15)19/h1-3,5-6,8-11,13,16H,4,7,12,14H2,(H,25,28). The number of nitrogens with one attached hydrogen (secondary N) is 1. The number of hydrogen-bond acceptors (Lipinski definition) is 4. The molecule has 1 atom stereocenters. The summed E-state index contributed by atoms with van der Waals surface area (Å²) in [7, 11) is 0. The number of nitrogens with zero attached hydrogens (tertiary/aromatic N) is 2. The maximum absolute atomic E-state index is 13.5. The van der Waals surface area contributed by atoms with E-state index in [1.165, 1.54) is 23.5 Å². The van der Waals surface area contributed by atoms with Gasteiger partial charge in [0.1, 0.15) is 5.82 Å². The van der Waals surface area contributed by atoms with Crippen LogP contribution in [0.1, 0.15) is 12.8 Å². The molecule has 0 bridgehead atoms. The molecule has 1 N–H and O–H groups in total. The van der Waals surface area contributed by atoms with Gasteiger partial charge in [-0.05, 0) is 42.5 Å². The van der Waals surface area contributed by atoms with Crippen LogP contribution in [0.25, 0.3) is 21.0 Å². The number of amides is 1. The Hall–Kier alpha value is -2.99. The molecule has 5 rings (SSSR count). The lowest BCUT2D eigenvalue weighted by atomic mass is 9.97. The monoisotopic (exact) mass is 405 g/mol. The second kappa shape index (κ2) is 7.44. The van der Waals surface area contributed by atoms with Crippen LogP contribution in [0.3, 0.4) is 0 Å². The summed E-state index contributed by atoms with van der Waals surface area (Å²) in [5.74, 6) is -0.316. The summed E-state index contributed by atoms with van der Waals surface area (Å²) in [6.45, 7) is 1.49. The molecule has 6 heteroatoms. The van der Waals surface area contributed by atoms with Gasteiger partial charge in [0.05, 0.1) is 16.1 Å². The van der Waals surface area contributed by atoms with Crippen molar-refractivity contribution < 1.29 is 9.18 Å². The Morgan fingerprint density at radius 3 is 2.93 bits per heavy atom. The maximum atomic E-state index is 13.5. The number of benzene rings is 3. The molecule has 4 nitrogen and oxygen atoms in total. The van der Waals surface area contributed by atoms with Crippen LogP contribution in [0.15, 0.2) is 60.7 Å². The Morgan fingerprint density at radius 1 is 1.14 bits per heavy atom. The molecule has 29 heavy (non-hydrogen) atoms. The van der Waals surface area contributed by atoms with Gasteiger partial charge in [-0.25, -0.2) is 9.37 Å². The van der Waals surface area contributed by atoms with E-state index in [0.29, 0.717) is 6.54 Å².